The van der Waals surface area contributed by atoms with Crippen LogP contribution in [0.1, 0.15) is 0 Å². The summed E-state index contributed by atoms with van der Waals surface area (Å²) < 4.78 is 0. The quantitative estimate of drug-likeness (QED) is 0.754. The average Bonchev–Trinajstić information content (AvgIpc) is 2.16. The summed E-state index contributed by atoms with van der Waals surface area (Å²) in [4.78, 5) is 21.6. The molecular formula is C11H14O4Si. The van der Waals surface area contributed by atoms with Gasteiger partial charge < -0.3 is 10.2 Å². The fourth-order valence-corrected chi connectivity index (χ4v) is 4.64. The van der Waals surface area contributed by atoms with Crippen molar-refractivity contribution in [3.8, 4) is 0 Å². The third-order valence-corrected chi connectivity index (χ3v) is 6.45. The summed E-state index contributed by atoms with van der Waals surface area (Å²) >= 11 is 0. The summed E-state index contributed by atoms with van der Waals surface area (Å²) in [6, 6.07) is 8.98. The highest BCUT2D eigenvalue weighted by molar-refractivity contribution is 6.94. The molecule has 0 saturated heterocycles. The smallest absolute Gasteiger partial charge is 0.300 e. The molecule has 1 aromatic rings. The van der Waals surface area contributed by atoms with E-state index in [9.17, 15) is 9.59 Å². The van der Waals surface area contributed by atoms with Crippen LogP contribution in [-0.2, 0) is 9.59 Å². The zero-order chi connectivity index (χ0) is 12.2. The average molecular weight is 238 g/mol. The Labute approximate surface area is 94.5 Å². The molecule has 4 nitrogen and oxygen atoms in total. The Bertz CT molecular complexity index is 372. The minimum absolute atomic E-state index is 0.0523. The summed E-state index contributed by atoms with van der Waals surface area (Å²) in [5.74, 6) is -1.86. The van der Waals surface area contributed by atoms with Crippen LogP contribution in [0.2, 0.25) is 18.6 Å². The number of carboxylic acids is 2. The Balaban J connectivity index is 3.04. The van der Waals surface area contributed by atoms with Crippen LogP contribution < -0.4 is 5.19 Å². The van der Waals surface area contributed by atoms with Gasteiger partial charge in [-0.15, -0.1) is 0 Å². The number of rotatable bonds is 5. The Morgan fingerprint density at radius 3 is 1.88 bits per heavy atom. The summed E-state index contributed by atoms with van der Waals surface area (Å²) in [5.41, 5.74) is 0. The van der Waals surface area contributed by atoms with Crippen molar-refractivity contribution >= 4 is 25.2 Å². The molecule has 1 aromatic carbocycles. The lowest BCUT2D eigenvalue weighted by atomic mass is 10.4. The fourth-order valence-electron chi connectivity index (χ4n) is 1.77. The van der Waals surface area contributed by atoms with E-state index in [2.05, 4.69) is 0 Å². The van der Waals surface area contributed by atoms with Gasteiger partial charge >= 0.3 is 11.9 Å². The number of carbonyl (C=O) groups is 2. The lowest BCUT2D eigenvalue weighted by Crippen LogP contribution is -2.47. The second-order valence-corrected chi connectivity index (χ2v) is 8.47. The second-order valence-electron chi connectivity index (χ2n) is 4.07. The summed E-state index contributed by atoms with van der Waals surface area (Å²) in [5, 5.41) is 18.6. The monoisotopic (exact) mass is 238 g/mol. The highest BCUT2D eigenvalue weighted by Gasteiger charge is 2.34. The van der Waals surface area contributed by atoms with E-state index in [-0.39, 0.29) is 12.1 Å². The van der Waals surface area contributed by atoms with Crippen molar-refractivity contribution in [1.29, 1.82) is 0 Å². The minimum Gasteiger partial charge on any atom is -0.481 e. The fraction of sp³-hybridized carbons (Fsp3) is 0.273. The largest absolute Gasteiger partial charge is 0.481 e. The second kappa shape index (κ2) is 4.94. The number of carboxylic acid groups (broad SMARTS) is 2. The molecule has 0 amide bonds. The molecule has 0 aliphatic rings. The molecular weight excluding hydrogens is 224 g/mol. The molecule has 1 rings (SSSR count). The van der Waals surface area contributed by atoms with Crippen LogP contribution >= 0.6 is 0 Å². The van der Waals surface area contributed by atoms with Gasteiger partial charge in [0.2, 0.25) is 0 Å². The molecule has 5 heteroatoms. The number of aliphatic carboxylic acids is 2. The topological polar surface area (TPSA) is 74.6 Å². The Kier molecular flexibility index (Phi) is 3.84. The van der Waals surface area contributed by atoms with E-state index in [0.717, 1.165) is 5.19 Å². The highest BCUT2D eigenvalue weighted by Crippen LogP contribution is 2.16. The first-order valence-electron chi connectivity index (χ1n) is 4.93. The van der Waals surface area contributed by atoms with Gasteiger partial charge in [-0.25, -0.2) is 0 Å². The molecule has 0 bridgehead atoms. The molecule has 0 aliphatic heterocycles. The first kappa shape index (κ1) is 12.4. The zero-order valence-corrected chi connectivity index (χ0v) is 10.0. The van der Waals surface area contributed by atoms with E-state index in [1.165, 1.54) is 0 Å². The van der Waals surface area contributed by atoms with Gasteiger partial charge in [0.1, 0.15) is 8.07 Å². The van der Waals surface area contributed by atoms with E-state index in [1.807, 2.05) is 30.3 Å². The van der Waals surface area contributed by atoms with Crippen molar-refractivity contribution < 1.29 is 19.8 Å². The van der Waals surface area contributed by atoms with Gasteiger partial charge in [-0.2, -0.15) is 0 Å². The zero-order valence-electron chi connectivity index (χ0n) is 9.01. The Hall–Kier alpha value is -1.62. The first-order chi connectivity index (χ1) is 7.44. The summed E-state index contributed by atoms with van der Waals surface area (Å²) in [7, 11) is -2.45. The summed E-state index contributed by atoms with van der Waals surface area (Å²) in [6.07, 6.45) is 0. The van der Waals surface area contributed by atoms with E-state index in [4.69, 9.17) is 10.2 Å². The standard InChI is InChI=1S/C11H14O4Si/c1-16(7-10(12)13,8-11(14)15)9-5-3-2-4-6-9/h2-6H,7-8H2,1H3,(H,12,13)(H,14,15). The van der Waals surface area contributed by atoms with Gasteiger partial charge in [0.25, 0.3) is 0 Å². The van der Waals surface area contributed by atoms with E-state index in [1.54, 1.807) is 6.55 Å². The molecule has 0 fully saturated rings. The predicted octanol–water partition coefficient (Wildman–Crippen LogP) is 1.14. The molecule has 0 radical (unpaired) electrons. The van der Waals surface area contributed by atoms with Crippen molar-refractivity contribution in [2.24, 2.45) is 0 Å². The molecule has 0 atom stereocenters. The first-order valence-corrected chi connectivity index (χ1v) is 7.84. The molecule has 0 unspecified atom stereocenters. The van der Waals surface area contributed by atoms with Gasteiger partial charge in [-0.1, -0.05) is 42.1 Å². The van der Waals surface area contributed by atoms with Crippen LogP contribution in [0.25, 0.3) is 0 Å². The third kappa shape index (κ3) is 3.20. The lowest BCUT2D eigenvalue weighted by Gasteiger charge is -2.24. The van der Waals surface area contributed by atoms with Crippen LogP contribution in [0.5, 0.6) is 0 Å². The molecule has 0 aliphatic carbocycles. The van der Waals surface area contributed by atoms with Gasteiger partial charge in [-0.05, 0) is 0 Å². The molecule has 0 spiro atoms. The number of benzene rings is 1. The predicted molar refractivity (Wildman–Crippen MR) is 62.6 cm³/mol. The lowest BCUT2D eigenvalue weighted by molar-refractivity contribution is -0.134. The maximum absolute atomic E-state index is 10.8. The molecule has 16 heavy (non-hydrogen) atoms. The van der Waals surface area contributed by atoms with Gasteiger partial charge in [-0.3, -0.25) is 9.59 Å². The molecule has 0 aromatic heterocycles. The van der Waals surface area contributed by atoms with E-state index >= 15 is 0 Å². The highest BCUT2D eigenvalue weighted by atomic mass is 28.3. The van der Waals surface area contributed by atoms with Gasteiger partial charge in [0, 0.05) is 12.1 Å². The maximum atomic E-state index is 10.8. The normalized spacial score (nSPS) is 11.1. The molecule has 0 heterocycles. The van der Waals surface area contributed by atoms with Crippen LogP contribution in [0.15, 0.2) is 30.3 Å². The maximum Gasteiger partial charge on any atom is 0.300 e. The number of hydrogen-bond donors (Lipinski definition) is 2. The van der Waals surface area contributed by atoms with E-state index in [0.29, 0.717) is 0 Å². The molecule has 86 valence electrons. The van der Waals surface area contributed by atoms with Gasteiger partial charge in [0.15, 0.2) is 0 Å². The van der Waals surface area contributed by atoms with Crippen molar-refractivity contribution in [2.75, 3.05) is 0 Å². The van der Waals surface area contributed by atoms with Crippen molar-refractivity contribution in [2.45, 2.75) is 18.6 Å². The van der Waals surface area contributed by atoms with Crippen LogP contribution in [0.4, 0.5) is 0 Å². The third-order valence-electron chi connectivity index (χ3n) is 2.55. The Morgan fingerprint density at radius 2 is 1.50 bits per heavy atom. The number of hydrogen-bond acceptors (Lipinski definition) is 2. The summed E-state index contributed by atoms with van der Waals surface area (Å²) in [6.45, 7) is 1.80. The SMILES string of the molecule is C[Si](CC(=O)O)(CC(=O)O)c1ccccc1. The molecule has 2 N–H and O–H groups in total. The Morgan fingerprint density at radius 1 is 1.06 bits per heavy atom. The van der Waals surface area contributed by atoms with Crippen LogP contribution in [0.3, 0.4) is 0 Å². The molecule has 0 saturated carbocycles. The van der Waals surface area contributed by atoms with Crippen molar-refractivity contribution in [3.63, 3.8) is 0 Å². The van der Waals surface area contributed by atoms with Crippen molar-refractivity contribution in [1.82, 2.24) is 0 Å². The van der Waals surface area contributed by atoms with Crippen molar-refractivity contribution in [3.05, 3.63) is 30.3 Å². The van der Waals surface area contributed by atoms with Gasteiger partial charge in [0.05, 0.1) is 0 Å². The van der Waals surface area contributed by atoms with E-state index < -0.39 is 20.0 Å². The van der Waals surface area contributed by atoms with Crippen LogP contribution in [-0.4, -0.2) is 30.2 Å². The minimum atomic E-state index is -2.45. The van der Waals surface area contributed by atoms with Crippen LogP contribution in [0, 0.1) is 0 Å².